The maximum atomic E-state index is 13.3. The zero-order chi connectivity index (χ0) is 24.1. The molecule has 2 unspecified atom stereocenters. The molecule has 1 aliphatic heterocycles. The lowest BCUT2D eigenvalue weighted by molar-refractivity contribution is -0.125. The van der Waals surface area contributed by atoms with E-state index in [2.05, 4.69) is 20.9 Å². The van der Waals surface area contributed by atoms with E-state index in [1.807, 2.05) is 12.1 Å². The Morgan fingerprint density at radius 2 is 1.71 bits per heavy atom. The van der Waals surface area contributed by atoms with Gasteiger partial charge in [0, 0.05) is 24.7 Å². The summed E-state index contributed by atoms with van der Waals surface area (Å²) in [6, 6.07) is 19.2. The molecular weight excluding hydrogens is 479 g/mol. The fourth-order valence-corrected chi connectivity index (χ4v) is 4.99. The maximum Gasteiger partial charge on any atom is 0.240 e. The quantitative estimate of drug-likeness (QED) is 0.379. The molecular formula is C24H24ClFN4O3S. The minimum absolute atomic E-state index is 0.0329. The molecule has 0 radical (unpaired) electrons. The second-order valence-corrected chi connectivity index (χ2v) is 10.2. The lowest BCUT2D eigenvalue weighted by Crippen LogP contribution is -2.34. The summed E-state index contributed by atoms with van der Waals surface area (Å²) in [6.07, 6.45) is 0. The summed E-state index contributed by atoms with van der Waals surface area (Å²) in [5.41, 5.74) is 8.23. The van der Waals surface area contributed by atoms with E-state index in [1.165, 1.54) is 30.3 Å². The minimum Gasteiger partial charge on any atom is -0.352 e. The summed E-state index contributed by atoms with van der Waals surface area (Å²) in [7, 11) is -3.81. The van der Waals surface area contributed by atoms with Crippen LogP contribution in [0.15, 0.2) is 77.7 Å². The maximum absolute atomic E-state index is 13.3. The molecule has 0 bridgehead atoms. The second kappa shape index (κ2) is 10.6. The molecule has 1 saturated heterocycles. The van der Waals surface area contributed by atoms with Gasteiger partial charge in [-0.3, -0.25) is 10.2 Å². The lowest BCUT2D eigenvalue weighted by atomic mass is 9.94. The van der Waals surface area contributed by atoms with Crippen molar-refractivity contribution in [1.82, 2.24) is 20.9 Å². The molecule has 0 saturated carbocycles. The third-order valence-electron chi connectivity index (χ3n) is 5.58. The van der Waals surface area contributed by atoms with E-state index in [0.717, 1.165) is 5.56 Å². The fourth-order valence-electron chi connectivity index (χ4n) is 3.78. The zero-order valence-corrected chi connectivity index (χ0v) is 19.7. The Morgan fingerprint density at radius 1 is 1.00 bits per heavy atom. The van der Waals surface area contributed by atoms with Crippen molar-refractivity contribution in [3.8, 4) is 0 Å². The Morgan fingerprint density at radius 3 is 2.44 bits per heavy atom. The van der Waals surface area contributed by atoms with Gasteiger partial charge in [0.2, 0.25) is 15.9 Å². The fraction of sp³-hybridized carbons (Fsp3) is 0.208. The molecule has 7 nitrogen and oxygen atoms in total. The molecule has 0 aromatic heterocycles. The molecule has 1 fully saturated rings. The minimum atomic E-state index is -3.81. The van der Waals surface area contributed by atoms with Gasteiger partial charge in [0.05, 0.1) is 16.9 Å². The molecule has 34 heavy (non-hydrogen) atoms. The Bertz CT molecular complexity index is 1270. The van der Waals surface area contributed by atoms with Crippen molar-refractivity contribution in [1.29, 1.82) is 0 Å². The van der Waals surface area contributed by atoms with Crippen LogP contribution in [0.3, 0.4) is 0 Å². The molecule has 4 N–H and O–H groups in total. The van der Waals surface area contributed by atoms with E-state index in [-0.39, 0.29) is 35.9 Å². The van der Waals surface area contributed by atoms with E-state index >= 15 is 0 Å². The SMILES string of the molecule is O=C(NCc1cccc(S(=O)(=O)NCc2cccc(F)c2)c1)C1CNNC1c1ccc(Cl)cc1. The van der Waals surface area contributed by atoms with Gasteiger partial charge < -0.3 is 5.32 Å². The highest BCUT2D eigenvalue weighted by Gasteiger charge is 2.33. The number of hydrazine groups is 1. The van der Waals surface area contributed by atoms with Crippen molar-refractivity contribution < 1.29 is 17.6 Å². The number of benzene rings is 3. The van der Waals surface area contributed by atoms with Crippen LogP contribution in [-0.2, 0) is 27.9 Å². The van der Waals surface area contributed by atoms with Crippen molar-refractivity contribution in [2.24, 2.45) is 5.92 Å². The highest BCUT2D eigenvalue weighted by molar-refractivity contribution is 7.89. The number of amides is 1. The van der Waals surface area contributed by atoms with Gasteiger partial charge in [0.25, 0.3) is 0 Å². The van der Waals surface area contributed by atoms with Crippen LogP contribution in [0.25, 0.3) is 0 Å². The predicted molar refractivity (Wildman–Crippen MR) is 128 cm³/mol. The Labute approximate surface area is 202 Å². The Balaban J connectivity index is 1.38. The lowest BCUT2D eigenvalue weighted by Gasteiger charge is -2.18. The number of hydrogen-bond donors (Lipinski definition) is 4. The highest BCUT2D eigenvalue weighted by atomic mass is 35.5. The van der Waals surface area contributed by atoms with Crippen LogP contribution < -0.4 is 20.9 Å². The second-order valence-electron chi connectivity index (χ2n) is 7.98. The number of nitrogens with one attached hydrogen (secondary N) is 4. The van der Waals surface area contributed by atoms with Crippen molar-refractivity contribution in [3.05, 3.63) is 100 Å². The number of carbonyl (C=O) groups is 1. The van der Waals surface area contributed by atoms with Crippen LogP contribution in [0, 0.1) is 11.7 Å². The van der Waals surface area contributed by atoms with Crippen LogP contribution in [0.1, 0.15) is 22.7 Å². The average molecular weight is 503 g/mol. The molecule has 178 valence electrons. The van der Waals surface area contributed by atoms with Gasteiger partial charge in [-0.25, -0.2) is 23.0 Å². The monoisotopic (exact) mass is 502 g/mol. The third-order valence-corrected chi connectivity index (χ3v) is 7.23. The zero-order valence-electron chi connectivity index (χ0n) is 18.1. The van der Waals surface area contributed by atoms with Gasteiger partial charge in [0.15, 0.2) is 0 Å². The van der Waals surface area contributed by atoms with Gasteiger partial charge in [-0.2, -0.15) is 0 Å². The molecule has 1 aliphatic rings. The molecule has 1 heterocycles. The molecule has 0 aliphatic carbocycles. The van der Waals surface area contributed by atoms with E-state index in [0.29, 0.717) is 22.7 Å². The number of carbonyl (C=O) groups excluding carboxylic acids is 1. The van der Waals surface area contributed by atoms with Crippen LogP contribution in [0.5, 0.6) is 0 Å². The first kappa shape index (κ1) is 24.3. The van der Waals surface area contributed by atoms with Gasteiger partial charge in [-0.15, -0.1) is 0 Å². The average Bonchev–Trinajstić information content (AvgIpc) is 3.32. The standard InChI is InChI=1S/C24H24ClFN4O3S/c25-19-9-7-18(8-10-19)23-22(15-28-30-23)24(31)27-13-17-4-2-6-21(12-17)34(32,33)29-14-16-3-1-5-20(26)11-16/h1-12,22-23,28-30H,13-15H2,(H,27,31). The number of rotatable bonds is 8. The summed E-state index contributed by atoms with van der Waals surface area (Å²) < 4.78 is 41.2. The van der Waals surface area contributed by atoms with Crippen molar-refractivity contribution in [2.45, 2.75) is 24.0 Å². The van der Waals surface area contributed by atoms with E-state index in [4.69, 9.17) is 11.6 Å². The Kier molecular flexibility index (Phi) is 7.60. The Hall–Kier alpha value is -2.82. The summed E-state index contributed by atoms with van der Waals surface area (Å²) in [6.45, 7) is 0.600. The van der Waals surface area contributed by atoms with Gasteiger partial charge in [0.1, 0.15) is 5.82 Å². The van der Waals surface area contributed by atoms with Crippen LogP contribution in [0.2, 0.25) is 5.02 Å². The topological polar surface area (TPSA) is 99.3 Å². The van der Waals surface area contributed by atoms with Gasteiger partial charge in [-0.05, 0) is 53.1 Å². The molecule has 3 aromatic carbocycles. The predicted octanol–water partition coefficient (Wildman–Crippen LogP) is 3.04. The first-order valence-corrected chi connectivity index (χ1v) is 12.5. The van der Waals surface area contributed by atoms with E-state index < -0.39 is 15.8 Å². The third kappa shape index (κ3) is 5.99. The van der Waals surface area contributed by atoms with Gasteiger partial charge in [-0.1, -0.05) is 48.0 Å². The molecule has 2 atom stereocenters. The first-order valence-electron chi connectivity index (χ1n) is 10.7. The molecule has 1 amide bonds. The molecule has 3 aromatic rings. The van der Waals surface area contributed by atoms with Crippen LogP contribution in [0.4, 0.5) is 4.39 Å². The summed E-state index contributed by atoms with van der Waals surface area (Å²) in [4.78, 5) is 12.9. The largest absolute Gasteiger partial charge is 0.352 e. The summed E-state index contributed by atoms with van der Waals surface area (Å²) in [5, 5.41) is 3.51. The van der Waals surface area contributed by atoms with Crippen LogP contribution >= 0.6 is 11.6 Å². The van der Waals surface area contributed by atoms with Gasteiger partial charge >= 0.3 is 0 Å². The van der Waals surface area contributed by atoms with Crippen molar-refractivity contribution in [3.63, 3.8) is 0 Å². The normalized spacial score (nSPS) is 18.1. The summed E-state index contributed by atoms with van der Waals surface area (Å²) >= 11 is 5.96. The molecule has 10 heteroatoms. The number of hydrogen-bond acceptors (Lipinski definition) is 5. The summed E-state index contributed by atoms with van der Waals surface area (Å²) in [5.74, 6) is -0.934. The van der Waals surface area contributed by atoms with Crippen molar-refractivity contribution >= 4 is 27.5 Å². The smallest absolute Gasteiger partial charge is 0.240 e. The molecule has 0 spiro atoms. The van der Waals surface area contributed by atoms with Crippen molar-refractivity contribution in [2.75, 3.05) is 6.54 Å². The van der Waals surface area contributed by atoms with Crippen LogP contribution in [-0.4, -0.2) is 20.9 Å². The highest BCUT2D eigenvalue weighted by Crippen LogP contribution is 2.26. The number of sulfonamides is 1. The molecule has 4 rings (SSSR count). The number of halogens is 2. The van der Waals surface area contributed by atoms with E-state index in [1.54, 1.807) is 30.3 Å². The first-order chi connectivity index (χ1) is 16.3. The van der Waals surface area contributed by atoms with E-state index in [9.17, 15) is 17.6 Å².